The topological polar surface area (TPSA) is 101 Å². The first-order valence-corrected chi connectivity index (χ1v) is 12.6. The van der Waals surface area contributed by atoms with Crippen molar-refractivity contribution in [3.05, 3.63) is 64.7 Å². The lowest BCUT2D eigenvalue weighted by molar-refractivity contribution is -0.137. The first-order chi connectivity index (χ1) is 16.9. The van der Waals surface area contributed by atoms with E-state index in [-0.39, 0.29) is 35.2 Å². The molecular formula is C21H19F5N4O4S2. The number of sulfonamides is 1. The lowest BCUT2D eigenvalue weighted by Gasteiger charge is -2.20. The Labute approximate surface area is 206 Å². The summed E-state index contributed by atoms with van der Waals surface area (Å²) in [5.41, 5.74) is 0.676. The van der Waals surface area contributed by atoms with E-state index in [0.717, 1.165) is 35.8 Å². The van der Waals surface area contributed by atoms with Crippen LogP contribution < -0.4 is 14.4 Å². The van der Waals surface area contributed by atoms with Crippen molar-refractivity contribution in [1.29, 1.82) is 0 Å². The minimum atomic E-state index is -4.61. The van der Waals surface area contributed by atoms with E-state index in [0.29, 0.717) is 16.9 Å². The molecular weight excluding hydrogens is 531 g/mol. The monoisotopic (exact) mass is 550 g/mol. The molecule has 0 radical (unpaired) electrons. The first-order valence-electron chi connectivity index (χ1n) is 10.2. The van der Waals surface area contributed by atoms with Crippen LogP contribution in [0, 0.1) is 0 Å². The number of hydrogen-bond donors (Lipinski definition) is 1. The zero-order valence-corrected chi connectivity index (χ0v) is 20.1. The molecule has 0 saturated heterocycles. The third-order valence-corrected chi connectivity index (χ3v) is 7.27. The third-order valence-electron chi connectivity index (χ3n) is 4.75. The average molecular weight is 551 g/mol. The first kappa shape index (κ1) is 27.3. The number of aromatic nitrogens is 2. The number of ether oxygens (including phenoxy) is 1. The van der Waals surface area contributed by atoms with E-state index in [1.807, 2.05) is 0 Å². The predicted octanol–water partition coefficient (Wildman–Crippen LogP) is 4.35. The van der Waals surface area contributed by atoms with Crippen molar-refractivity contribution in [2.24, 2.45) is 0 Å². The molecule has 0 spiro atoms. The van der Waals surface area contributed by atoms with Gasteiger partial charge in [-0.05, 0) is 49.2 Å². The van der Waals surface area contributed by atoms with Crippen LogP contribution in [0.1, 0.15) is 28.4 Å². The average Bonchev–Trinajstić information content (AvgIpc) is 3.32. The molecule has 2 aromatic carbocycles. The number of benzene rings is 2. The Kier molecular flexibility index (Phi) is 8.45. The quantitative estimate of drug-likeness (QED) is 0.298. The second-order valence-electron chi connectivity index (χ2n) is 7.09. The highest BCUT2D eigenvalue weighted by Crippen LogP contribution is 2.33. The fourth-order valence-corrected chi connectivity index (χ4v) is 5.12. The Morgan fingerprint density at radius 2 is 1.86 bits per heavy atom. The second-order valence-corrected chi connectivity index (χ2v) is 9.72. The fourth-order valence-electron chi connectivity index (χ4n) is 3.07. The van der Waals surface area contributed by atoms with E-state index in [9.17, 15) is 35.2 Å². The van der Waals surface area contributed by atoms with Crippen molar-refractivity contribution >= 4 is 32.4 Å². The van der Waals surface area contributed by atoms with Crippen molar-refractivity contribution in [2.75, 3.05) is 17.5 Å². The summed E-state index contributed by atoms with van der Waals surface area (Å²) in [7, 11) is -4.61. The summed E-state index contributed by atoms with van der Waals surface area (Å²) in [4.78, 5) is 12.1. The van der Waals surface area contributed by atoms with Crippen LogP contribution in [0.4, 0.5) is 27.1 Å². The Hall–Kier alpha value is -3.33. The summed E-state index contributed by atoms with van der Waals surface area (Å²) in [5, 5.41) is 8.86. The molecule has 15 heteroatoms. The Bertz CT molecular complexity index is 1280. The minimum Gasteiger partial charge on any atom is -0.493 e. The molecule has 0 atom stereocenters. The van der Waals surface area contributed by atoms with Crippen molar-refractivity contribution < 1.29 is 39.9 Å². The van der Waals surface area contributed by atoms with Crippen LogP contribution in [0.15, 0.2) is 52.9 Å². The van der Waals surface area contributed by atoms with Gasteiger partial charge in [-0.25, -0.2) is 8.42 Å². The number of rotatable bonds is 10. The standard InChI is InChI=1S/C21H19F5N4O4S2/c1-2-34-17-11-14(21(24,25)26)5-8-16(17)18(31)27-10-9-13-3-6-15(7-4-13)36(32,33)30(19(22)23)20-29-28-12-35-20/h3-8,11-12,19H,2,9-10H2,1H3,(H,27,31). The van der Waals surface area contributed by atoms with Gasteiger partial charge >= 0.3 is 12.7 Å². The zero-order valence-electron chi connectivity index (χ0n) is 18.5. The number of nitrogens with zero attached hydrogens (tertiary/aromatic N) is 3. The zero-order chi connectivity index (χ0) is 26.5. The lowest BCUT2D eigenvalue weighted by atomic mass is 10.1. The largest absolute Gasteiger partial charge is 0.493 e. The van der Waals surface area contributed by atoms with Crippen LogP contribution in [-0.4, -0.2) is 44.2 Å². The molecule has 194 valence electrons. The van der Waals surface area contributed by atoms with Gasteiger partial charge in [0.25, 0.3) is 15.9 Å². The molecule has 0 aliphatic heterocycles. The molecule has 1 heterocycles. The molecule has 0 aliphatic carbocycles. The number of alkyl halides is 5. The minimum absolute atomic E-state index is 0.0545. The van der Waals surface area contributed by atoms with Gasteiger partial charge in [0.15, 0.2) is 0 Å². The molecule has 1 aromatic heterocycles. The van der Waals surface area contributed by atoms with E-state index in [1.54, 1.807) is 6.92 Å². The van der Waals surface area contributed by atoms with Crippen molar-refractivity contribution in [3.63, 3.8) is 0 Å². The number of amides is 1. The molecule has 0 unspecified atom stereocenters. The van der Waals surface area contributed by atoms with Gasteiger partial charge in [-0.15, -0.1) is 10.2 Å². The number of anilines is 1. The number of nitrogens with one attached hydrogen (secondary N) is 1. The predicted molar refractivity (Wildman–Crippen MR) is 121 cm³/mol. The Morgan fingerprint density at radius 1 is 1.17 bits per heavy atom. The summed E-state index contributed by atoms with van der Waals surface area (Å²) >= 11 is 0.642. The van der Waals surface area contributed by atoms with Gasteiger partial charge in [0.2, 0.25) is 5.13 Å². The molecule has 0 bridgehead atoms. The van der Waals surface area contributed by atoms with Crippen LogP contribution in [0.3, 0.4) is 0 Å². The Morgan fingerprint density at radius 3 is 2.42 bits per heavy atom. The van der Waals surface area contributed by atoms with Gasteiger partial charge in [0, 0.05) is 6.54 Å². The van der Waals surface area contributed by atoms with Gasteiger partial charge in [-0.2, -0.15) is 26.3 Å². The molecule has 1 N–H and O–H groups in total. The van der Waals surface area contributed by atoms with Gasteiger partial charge < -0.3 is 10.1 Å². The highest BCUT2D eigenvalue weighted by Gasteiger charge is 2.34. The maximum Gasteiger partial charge on any atom is 0.416 e. The van der Waals surface area contributed by atoms with Crippen molar-refractivity contribution in [3.8, 4) is 5.75 Å². The summed E-state index contributed by atoms with van der Waals surface area (Å²) in [6, 6.07) is 7.63. The van der Waals surface area contributed by atoms with Crippen LogP contribution >= 0.6 is 11.3 Å². The molecule has 3 aromatic rings. The van der Waals surface area contributed by atoms with Gasteiger partial charge in [0.05, 0.1) is 22.6 Å². The fraction of sp³-hybridized carbons (Fsp3) is 0.286. The highest BCUT2D eigenvalue weighted by atomic mass is 32.2. The van der Waals surface area contributed by atoms with Crippen molar-refractivity contribution in [2.45, 2.75) is 31.0 Å². The summed E-state index contributed by atoms with van der Waals surface area (Å²) in [5.74, 6) is -0.866. The van der Waals surface area contributed by atoms with E-state index in [1.165, 1.54) is 12.1 Å². The number of carbonyl (C=O) groups excluding carboxylic acids is 1. The summed E-state index contributed by atoms with van der Waals surface area (Å²) < 4.78 is 96.1. The number of hydrogen-bond acceptors (Lipinski definition) is 7. The summed E-state index contributed by atoms with van der Waals surface area (Å²) in [6.07, 6.45) is -4.37. The molecule has 0 saturated carbocycles. The third kappa shape index (κ3) is 6.26. The summed E-state index contributed by atoms with van der Waals surface area (Å²) in [6.45, 7) is -1.69. The van der Waals surface area contributed by atoms with Gasteiger partial charge in [0.1, 0.15) is 11.3 Å². The molecule has 0 aliphatic rings. The SMILES string of the molecule is CCOc1cc(C(F)(F)F)ccc1C(=O)NCCc1ccc(S(=O)(=O)N(c2nncs2)C(F)F)cc1. The van der Waals surface area contributed by atoms with E-state index in [4.69, 9.17) is 4.74 Å². The van der Waals surface area contributed by atoms with Crippen LogP contribution in [0.5, 0.6) is 5.75 Å². The van der Waals surface area contributed by atoms with E-state index < -0.39 is 44.2 Å². The van der Waals surface area contributed by atoms with Gasteiger partial charge in [-0.3, -0.25) is 4.79 Å². The van der Waals surface area contributed by atoms with E-state index >= 15 is 0 Å². The lowest BCUT2D eigenvalue weighted by Crippen LogP contribution is -2.35. The number of carbonyl (C=O) groups is 1. The molecule has 1 amide bonds. The smallest absolute Gasteiger partial charge is 0.416 e. The number of halogens is 5. The van der Waals surface area contributed by atoms with Gasteiger partial charge in [-0.1, -0.05) is 23.5 Å². The van der Waals surface area contributed by atoms with Crippen molar-refractivity contribution in [1.82, 2.24) is 15.5 Å². The van der Waals surface area contributed by atoms with Crippen LogP contribution in [0.2, 0.25) is 0 Å². The molecule has 0 fully saturated rings. The molecule has 36 heavy (non-hydrogen) atoms. The highest BCUT2D eigenvalue weighted by molar-refractivity contribution is 7.93. The maximum atomic E-state index is 13.4. The normalized spacial score (nSPS) is 12.0. The Balaban J connectivity index is 1.67. The molecule has 3 rings (SSSR count). The van der Waals surface area contributed by atoms with Crippen LogP contribution in [0.25, 0.3) is 0 Å². The maximum absolute atomic E-state index is 13.4. The second kappa shape index (κ2) is 11.2. The molecule has 8 nitrogen and oxygen atoms in total. The van der Waals surface area contributed by atoms with E-state index in [2.05, 4.69) is 15.5 Å². The van der Waals surface area contributed by atoms with Crippen LogP contribution in [-0.2, 0) is 22.6 Å².